The van der Waals surface area contributed by atoms with Crippen LogP contribution in [-0.4, -0.2) is 9.55 Å². The minimum atomic E-state index is -0.00234. The fourth-order valence-electron chi connectivity index (χ4n) is 2.46. The molecule has 96 valence electrons. The van der Waals surface area contributed by atoms with E-state index in [0.29, 0.717) is 0 Å². The smallest absolute Gasteiger partial charge is 0.0951 e. The van der Waals surface area contributed by atoms with Crippen LogP contribution < -0.4 is 5.73 Å². The van der Waals surface area contributed by atoms with Crippen LogP contribution in [0.1, 0.15) is 24.2 Å². The second-order valence-corrected chi connectivity index (χ2v) is 4.87. The van der Waals surface area contributed by atoms with Crippen molar-refractivity contribution in [1.82, 2.24) is 9.55 Å². The standard InChI is InChI=1S/C16H17N3/c1-12(17)16-9-18-11-19(16)10-14-7-4-6-13-5-2-3-8-15(13)14/h2-9,11-12H,10,17H2,1H3/t12-/m0/s1. The first-order valence-electron chi connectivity index (χ1n) is 6.48. The first-order valence-corrected chi connectivity index (χ1v) is 6.48. The van der Waals surface area contributed by atoms with Crippen molar-refractivity contribution in [3.8, 4) is 0 Å². The highest BCUT2D eigenvalue weighted by Crippen LogP contribution is 2.20. The molecule has 1 aromatic heterocycles. The Balaban J connectivity index is 2.04. The van der Waals surface area contributed by atoms with Crippen molar-refractivity contribution in [1.29, 1.82) is 0 Å². The molecule has 0 aliphatic carbocycles. The lowest BCUT2D eigenvalue weighted by atomic mass is 10.0. The van der Waals surface area contributed by atoms with Crippen LogP contribution in [0.2, 0.25) is 0 Å². The predicted molar refractivity (Wildman–Crippen MR) is 77.9 cm³/mol. The van der Waals surface area contributed by atoms with E-state index in [9.17, 15) is 0 Å². The van der Waals surface area contributed by atoms with Crippen LogP contribution in [0.5, 0.6) is 0 Å². The summed E-state index contributed by atoms with van der Waals surface area (Å²) in [5, 5.41) is 2.55. The zero-order chi connectivity index (χ0) is 13.2. The van der Waals surface area contributed by atoms with Gasteiger partial charge in [-0.1, -0.05) is 42.5 Å². The van der Waals surface area contributed by atoms with Gasteiger partial charge in [0.1, 0.15) is 0 Å². The normalized spacial score (nSPS) is 12.7. The van der Waals surface area contributed by atoms with Gasteiger partial charge in [-0.15, -0.1) is 0 Å². The van der Waals surface area contributed by atoms with E-state index < -0.39 is 0 Å². The Hall–Kier alpha value is -2.13. The molecule has 1 atom stereocenters. The zero-order valence-electron chi connectivity index (χ0n) is 11.0. The summed E-state index contributed by atoms with van der Waals surface area (Å²) in [5.74, 6) is 0. The molecule has 2 aromatic carbocycles. The topological polar surface area (TPSA) is 43.8 Å². The summed E-state index contributed by atoms with van der Waals surface area (Å²) in [6, 6.07) is 14.8. The molecule has 0 spiro atoms. The van der Waals surface area contributed by atoms with Gasteiger partial charge in [-0.3, -0.25) is 0 Å². The number of aromatic nitrogens is 2. The van der Waals surface area contributed by atoms with Crippen LogP contribution in [0.15, 0.2) is 55.0 Å². The van der Waals surface area contributed by atoms with Gasteiger partial charge in [-0.05, 0) is 23.3 Å². The van der Waals surface area contributed by atoms with Gasteiger partial charge >= 0.3 is 0 Å². The summed E-state index contributed by atoms with van der Waals surface area (Å²) >= 11 is 0. The molecule has 0 aliphatic rings. The Labute approximate surface area is 112 Å². The van der Waals surface area contributed by atoms with E-state index in [1.807, 2.05) is 19.4 Å². The van der Waals surface area contributed by atoms with Crippen molar-refractivity contribution in [2.45, 2.75) is 19.5 Å². The molecule has 0 saturated carbocycles. The molecular weight excluding hydrogens is 234 g/mol. The number of benzene rings is 2. The van der Waals surface area contributed by atoms with E-state index in [2.05, 4.69) is 52.0 Å². The minimum Gasteiger partial charge on any atom is -0.329 e. The molecule has 3 nitrogen and oxygen atoms in total. The van der Waals surface area contributed by atoms with Crippen molar-refractivity contribution in [2.24, 2.45) is 5.73 Å². The van der Waals surface area contributed by atoms with Gasteiger partial charge in [0, 0.05) is 18.8 Å². The molecule has 3 rings (SSSR count). The average Bonchev–Trinajstić information content (AvgIpc) is 2.87. The van der Waals surface area contributed by atoms with Crippen LogP contribution in [0.3, 0.4) is 0 Å². The van der Waals surface area contributed by atoms with Gasteiger partial charge in [0.05, 0.1) is 12.0 Å². The molecule has 2 N–H and O–H groups in total. The molecule has 0 amide bonds. The number of fused-ring (bicyclic) bond motifs is 1. The van der Waals surface area contributed by atoms with Crippen LogP contribution in [0.25, 0.3) is 10.8 Å². The summed E-state index contributed by atoms with van der Waals surface area (Å²) in [4.78, 5) is 4.20. The molecule has 0 fully saturated rings. The maximum atomic E-state index is 5.96. The number of hydrogen-bond donors (Lipinski definition) is 1. The molecule has 1 heterocycles. The second kappa shape index (κ2) is 4.86. The molecule has 0 bridgehead atoms. The van der Waals surface area contributed by atoms with Crippen LogP contribution in [-0.2, 0) is 6.54 Å². The summed E-state index contributed by atoms with van der Waals surface area (Å²) < 4.78 is 2.12. The molecule has 0 saturated heterocycles. The largest absolute Gasteiger partial charge is 0.329 e. The monoisotopic (exact) mass is 251 g/mol. The van der Waals surface area contributed by atoms with E-state index in [0.717, 1.165) is 12.2 Å². The summed E-state index contributed by atoms with van der Waals surface area (Å²) in [6.45, 7) is 2.79. The summed E-state index contributed by atoms with van der Waals surface area (Å²) in [5.41, 5.74) is 8.32. The van der Waals surface area contributed by atoms with Crippen molar-refractivity contribution in [3.63, 3.8) is 0 Å². The molecule has 0 unspecified atom stereocenters. The molecule has 19 heavy (non-hydrogen) atoms. The molecule has 0 aliphatic heterocycles. The second-order valence-electron chi connectivity index (χ2n) is 4.87. The summed E-state index contributed by atoms with van der Waals surface area (Å²) in [7, 11) is 0. The molecule has 3 aromatic rings. The number of nitrogens with two attached hydrogens (primary N) is 1. The van der Waals surface area contributed by atoms with Crippen LogP contribution >= 0.6 is 0 Å². The van der Waals surface area contributed by atoms with E-state index in [-0.39, 0.29) is 6.04 Å². The lowest BCUT2D eigenvalue weighted by Crippen LogP contribution is -2.12. The number of imidazole rings is 1. The Morgan fingerprint density at radius 3 is 2.79 bits per heavy atom. The van der Waals surface area contributed by atoms with E-state index in [1.165, 1.54) is 16.3 Å². The van der Waals surface area contributed by atoms with Crippen LogP contribution in [0.4, 0.5) is 0 Å². The van der Waals surface area contributed by atoms with E-state index in [1.54, 1.807) is 0 Å². The van der Waals surface area contributed by atoms with Crippen molar-refractivity contribution < 1.29 is 0 Å². The Morgan fingerprint density at radius 2 is 1.95 bits per heavy atom. The third kappa shape index (κ3) is 2.25. The van der Waals surface area contributed by atoms with E-state index >= 15 is 0 Å². The summed E-state index contributed by atoms with van der Waals surface area (Å²) in [6.07, 6.45) is 3.69. The quantitative estimate of drug-likeness (QED) is 0.777. The van der Waals surface area contributed by atoms with Gasteiger partial charge in [0.2, 0.25) is 0 Å². The van der Waals surface area contributed by atoms with E-state index in [4.69, 9.17) is 5.73 Å². The maximum absolute atomic E-state index is 5.96. The third-order valence-corrected chi connectivity index (χ3v) is 3.43. The fraction of sp³-hybridized carbons (Fsp3) is 0.188. The van der Waals surface area contributed by atoms with Gasteiger partial charge in [-0.25, -0.2) is 4.98 Å². The Morgan fingerprint density at radius 1 is 1.16 bits per heavy atom. The van der Waals surface area contributed by atoms with Crippen molar-refractivity contribution in [2.75, 3.05) is 0 Å². The average molecular weight is 251 g/mol. The maximum Gasteiger partial charge on any atom is 0.0951 e. The Kier molecular flexibility index (Phi) is 3.05. The fourth-order valence-corrected chi connectivity index (χ4v) is 2.46. The SMILES string of the molecule is C[C@H](N)c1cncn1Cc1cccc2ccccc12. The highest BCUT2D eigenvalue weighted by atomic mass is 15.1. The van der Waals surface area contributed by atoms with Crippen molar-refractivity contribution >= 4 is 10.8 Å². The van der Waals surface area contributed by atoms with Gasteiger partial charge in [0.25, 0.3) is 0 Å². The predicted octanol–water partition coefficient (Wildman–Crippen LogP) is 3.10. The molecule has 0 radical (unpaired) electrons. The molecule has 3 heteroatoms. The lowest BCUT2D eigenvalue weighted by molar-refractivity contribution is 0.676. The van der Waals surface area contributed by atoms with Gasteiger partial charge in [-0.2, -0.15) is 0 Å². The first-order chi connectivity index (χ1) is 9.25. The highest BCUT2D eigenvalue weighted by Gasteiger charge is 2.08. The lowest BCUT2D eigenvalue weighted by Gasteiger charge is -2.12. The Bertz CT molecular complexity index is 693. The number of nitrogens with zero attached hydrogens (tertiary/aromatic N) is 2. The number of rotatable bonds is 3. The highest BCUT2D eigenvalue weighted by molar-refractivity contribution is 5.85. The number of hydrogen-bond acceptors (Lipinski definition) is 2. The van der Waals surface area contributed by atoms with Gasteiger partial charge in [0.15, 0.2) is 0 Å². The zero-order valence-corrected chi connectivity index (χ0v) is 11.0. The third-order valence-electron chi connectivity index (χ3n) is 3.43. The van der Waals surface area contributed by atoms with Crippen LogP contribution in [0, 0.1) is 0 Å². The minimum absolute atomic E-state index is 0.00234. The van der Waals surface area contributed by atoms with Crippen molar-refractivity contribution in [3.05, 3.63) is 66.2 Å². The van der Waals surface area contributed by atoms with Gasteiger partial charge < -0.3 is 10.3 Å². The first kappa shape index (κ1) is 11.9. The molecular formula is C16H17N3.